The van der Waals surface area contributed by atoms with Crippen LogP contribution in [0.5, 0.6) is 5.75 Å². The van der Waals surface area contributed by atoms with Gasteiger partial charge in [0.1, 0.15) is 23.0 Å². The maximum Gasteiger partial charge on any atom is 0.336 e. The monoisotopic (exact) mass is 328 g/mol. The number of hydrogen-bond donors (Lipinski definition) is 0. The number of ether oxygens (including phenoxy) is 2. The smallest absolute Gasteiger partial charge is 0.336 e. The van der Waals surface area contributed by atoms with Gasteiger partial charge in [0, 0.05) is 29.5 Å². The normalized spacial score (nSPS) is 19.5. The van der Waals surface area contributed by atoms with Crippen molar-refractivity contribution in [2.24, 2.45) is 0 Å². The van der Waals surface area contributed by atoms with E-state index in [2.05, 4.69) is 0 Å². The van der Waals surface area contributed by atoms with Gasteiger partial charge in [0.2, 0.25) is 0 Å². The van der Waals surface area contributed by atoms with Gasteiger partial charge in [0.15, 0.2) is 0 Å². The van der Waals surface area contributed by atoms with Crippen molar-refractivity contribution in [3.63, 3.8) is 0 Å². The van der Waals surface area contributed by atoms with E-state index in [0.717, 1.165) is 10.9 Å². The second kappa shape index (κ2) is 5.82. The number of fused-ring (bicyclic) bond motifs is 2. The molecule has 1 aliphatic heterocycles. The Morgan fingerprint density at radius 1 is 1.33 bits per heavy atom. The van der Waals surface area contributed by atoms with Gasteiger partial charge in [-0.2, -0.15) is 0 Å². The summed E-state index contributed by atoms with van der Waals surface area (Å²) in [4.78, 5) is 23.5. The van der Waals surface area contributed by atoms with Crippen molar-refractivity contribution in [1.29, 1.82) is 0 Å². The van der Waals surface area contributed by atoms with Gasteiger partial charge >= 0.3 is 11.6 Å². The van der Waals surface area contributed by atoms with Crippen LogP contribution in [0.3, 0.4) is 0 Å². The summed E-state index contributed by atoms with van der Waals surface area (Å²) in [5, 5.41) is 0.811. The molecule has 0 radical (unpaired) electrons. The van der Waals surface area contributed by atoms with E-state index in [-0.39, 0.29) is 5.97 Å². The number of rotatable bonds is 2. The van der Waals surface area contributed by atoms with Crippen molar-refractivity contribution in [2.45, 2.75) is 45.8 Å². The van der Waals surface area contributed by atoms with E-state index in [0.29, 0.717) is 23.3 Å². The van der Waals surface area contributed by atoms with E-state index in [9.17, 15) is 9.59 Å². The van der Waals surface area contributed by atoms with Crippen LogP contribution in [0.1, 0.15) is 33.3 Å². The molecule has 0 amide bonds. The Bertz CT molecular complexity index is 888. The first-order valence-corrected chi connectivity index (χ1v) is 7.90. The van der Waals surface area contributed by atoms with Crippen LogP contribution in [0.15, 0.2) is 45.1 Å². The molecule has 1 aliphatic rings. The number of hydrogen-bond acceptors (Lipinski definition) is 5. The van der Waals surface area contributed by atoms with Crippen LogP contribution >= 0.6 is 0 Å². The van der Waals surface area contributed by atoms with Crippen molar-refractivity contribution >= 4 is 16.9 Å². The van der Waals surface area contributed by atoms with E-state index >= 15 is 0 Å². The first-order valence-electron chi connectivity index (χ1n) is 7.90. The summed E-state index contributed by atoms with van der Waals surface area (Å²) in [5.41, 5.74) is 0.895. The predicted octanol–water partition coefficient (Wildman–Crippen LogP) is 3.38. The van der Waals surface area contributed by atoms with Gasteiger partial charge in [-0.1, -0.05) is 6.08 Å². The van der Waals surface area contributed by atoms with E-state index in [4.69, 9.17) is 13.9 Å². The largest absolute Gasteiger partial charge is 0.484 e. The summed E-state index contributed by atoms with van der Waals surface area (Å²) < 4.78 is 16.9. The molecule has 0 fully saturated rings. The van der Waals surface area contributed by atoms with Crippen molar-refractivity contribution in [3.05, 3.63) is 51.9 Å². The van der Waals surface area contributed by atoms with Gasteiger partial charge in [-0.05, 0) is 45.4 Å². The number of benzene rings is 1. The molecule has 0 unspecified atom stereocenters. The number of carbonyl (C=O) groups excluding carboxylic acids is 1. The van der Waals surface area contributed by atoms with Crippen molar-refractivity contribution in [3.8, 4) is 5.75 Å². The second-order valence-electron chi connectivity index (χ2n) is 6.53. The Balaban J connectivity index is 1.97. The molecule has 24 heavy (non-hydrogen) atoms. The molecule has 126 valence electrons. The highest BCUT2D eigenvalue weighted by atomic mass is 16.6. The minimum absolute atomic E-state index is 0.339. The highest BCUT2D eigenvalue weighted by Crippen LogP contribution is 2.37. The third-order valence-electron chi connectivity index (χ3n) is 4.36. The average molecular weight is 328 g/mol. The third kappa shape index (κ3) is 2.94. The molecule has 5 nitrogen and oxygen atoms in total. The van der Waals surface area contributed by atoms with E-state index in [1.54, 1.807) is 32.1 Å². The van der Waals surface area contributed by atoms with Crippen LogP contribution < -0.4 is 10.4 Å². The summed E-state index contributed by atoms with van der Waals surface area (Å²) in [6.45, 7) is 7.28. The van der Waals surface area contributed by atoms with E-state index in [1.165, 1.54) is 6.07 Å². The zero-order chi connectivity index (χ0) is 17.5. The maximum atomic E-state index is 12.1. The number of allylic oxidation sites excluding steroid dienone is 1. The molecule has 0 spiro atoms. The van der Waals surface area contributed by atoms with E-state index < -0.39 is 17.3 Å². The summed E-state index contributed by atoms with van der Waals surface area (Å²) in [6.07, 6.45) is 1.86. The van der Waals surface area contributed by atoms with Gasteiger partial charge in [0.25, 0.3) is 0 Å². The number of carbonyl (C=O) groups is 1. The van der Waals surface area contributed by atoms with Crippen LogP contribution in [-0.4, -0.2) is 17.7 Å². The van der Waals surface area contributed by atoms with Crippen molar-refractivity contribution in [1.82, 2.24) is 0 Å². The molecule has 3 rings (SSSR count). The van der Waals surface area contributed by atoms with Crippen LogP contribution in [0, 0.1) is 0 Å². The van der Waals surface area contributed by atoms with Crippen LogP contribution in [0.2, 0.25) is 0 Å². The lowest BCUT2D eigenvalue weighted by atomic mass is 9.90. The lowest BCUT2D eigenvalue weighted by Gasteiger charge is -2.39. The molecule has 5 heteroatoms. The van der Waals surface area contributed by atoms with Crippen LogP contribution in [-0.2, 0) is 16.0 Å². The van der Waals surface area contributed by atoms with Gasteiger partial charge < -0.3 is 13.9 Å². The molecule has 0 bridgehead atoms. The molecule has 0 aliphatic carbocycles. The van der Waals surface area contributed by atoms with Crippen molar-refractivity contribution < 1.29 is 18.7 Å². The van der Waals surface area contributed by atoms with Crippen molar-refractivity contribution in [2.75, 3.05) is 0 Å². The zero-order valence-corrected chi connectivity index (χ0v) is 14.2. The fourth-order valence-electron chi connectivity index (χ4n) is 2.72. The van der Waals surface area contributed by atoms with Gasteiger partial charge in [-0.3, -0.25) is 0 Å². The van der Waals surface area contributed by atoms with Gasteiger partial charge in [0.05, 0.1) is 0 Å². The molecule has 2 aromatic rings. The highest BCUT2D eigenvalue weighted by Gasteiger charge is 2.40. The molecule has 0 saturated carbocycles. The fraction of sp³-hybridized carbons (Fsp3) is 0.368. The summed E-state index contributed by atoms with van der Waals surface area (Å²) in [5.74, 6) is 0.311. The second-order valence-corrected chi connectivity index (χ2v) is 6.53. The Morgan fingerprint density at radius 3 is 2.79 bits per heavy atom. The van der Waals surface area contributed by atoms with Crippen LogP contribution in [0.4, 0.5) is 0 Å². The Kier molecular flexibility index (Phi) is 3.95. The molecule has 1 aromatic heterocycles. The number of esters is 1. The standard InChI is InChI=1S/C19H20O5/c1-5-11(2)18(21)23-16-9-13-8-12-6-7-17(20)22-14(12)10-15(13)24-19(16,3)4/h5-8,10,16H,9H2,1-4H3/b11-5+/t16-/m1/s1. The summed E-state index contributed by atoms with van der Waals surface area (Å²) in [6, 6.07) is 6.73. The first-order chi connectivity index (χ1) is 11.3. The minimum atomic E-state index is -0.681. The SMILES string of the molecule is C/C=C(\C)C(=O)O[C@@H]1Cc2cc3ccc(=O)oc3cc2OC1(C)C. The quantitative estimate of drug-likeness (QED) is 0.480. The lowest BCUT2D eigenvalue weighted by molar-refractivity contribution is -0.156. The summed E-state index contributed by atoms with van der Waals surface area (Å²) >= 11 is 0. The first kappa shape index (κ1) is 16.3. The molecule has 1 atom stereocenters. The van der Waals surface area contributed by atoms with E-state index in [1.807, 2.05) is 19.9 Å². The Labute approximate surface area is 139 Å². The Morgan fingerprint density at radius 2 is 2.08 bits per heavy atom. The van der Waals surface area contributed by atoms with Gasteiger partial charge in [-0.25, -0.2) is 9.59 Å². The maximum absolute atomic E-state index is 12.1. The molecular formula is C19H20O5. The predicted molar refractivity (Wildman–Crippen MR) is 90.2 cm³/mol. The molecular weight excluding hydrogens is 308 g/mol. The highest BCUT2D eigenvalue weighted by molar-refractivity contribution is 5.88. The molecule has 2 heterocycles. The van der Waals surface area contributed by atoms with Gasteiger partial charge in [-0.15, -0.1) is 0 Å². The summed E-state index contributed by atoms with van der Waals surface area (Å²) in [7, 11) is 0. The average Bonchev–Trinajstić information content (AvgIpc) is 2.52. The van der Waals surface area contributed by atoms with Crippen LogP contribution in [0.25, 0.3) is 11.0 Å². The lowest BCUT2D eigenvalue weighted by Crippen LogP contribution is -2.48. The Hall–Kier alpha value is -2.56. The molecule has 0 N–H and O–H groups in total. The third-order valence-corrected chi connectivity index (χ3v) is 4.36. The molecule has 1 aromatic carbocycles. The fourth-order valence-corrected chi connectivity index (χ4v) is 2.72. The topological polar surface area (TPSA) is 65.7 Å². The molecule has 0 saturated heterocycles. The minimum Gasteiger partial charge on any atom is -0.484 e. The zero-order valence-electron chi connectivity index (χ0n) is 14.2.